The summed E-state index contributed by atoms with van der Waals surface area (Å²) in [6, 6.07) is 0.562. The number of rotatable bonds is 4. The highest BCUT2D eigenvalue weighted by molar-refractivity contribution is 5.31. The van der Waals surface area contributed by atoms with Gasteiger partial charge in [0.2, 0.25) is 5.95 Å². The summed E-state index contributed by atoms with van der Waals surface area (Å²) in [5, 5.41) is 3.63. The van der Waals surface area contributed by atoms with Gasteiger partial charge >= 0.3 is 0 Å². The number of nitrogens with one attached hydrogen (secondary N) is 1. The molecule has 3 heteroatoms. The number of allylic oxidation sites excluding steroid dienone is 1. The van der Waals surface area contributed by atoms with Crippen molar-refractivity contribution in [2.45, 2.75) is 52.6 Å². The van der Waals surface area contributed by atoms with E-state index in [1.165, 1.54) is 19.3 Å². The molecule has 0 amide bonds. The van der Waals surface area contributed by atoms with Gasteiger partial charge in [0.25, 0.3) is 0 Å². The van der Waals surface area contributed by atoms with Crippen LogP contribution in [0, 0.1) is 18.8 Å². The third-order valence-electron chi connectivity index (χ3n) is 3.97. The van der Waals surface area contributed by atoms with Gasteiger partial charge in [0, 0.05) is 18.8 Å². The Hall–Kier alpha value is -1.25. The van der Waals surface area contributed by atoms with Gasteiger partial charge in [-0.05, 0) is 38.0 Å². The van der Waals surface area contributed by atoms with E-state index >= 15 is 0 Å². The number of nitrogens with zero attached hydrogens (tertiary/aromatic N) is 2. The largest absolute Gasteiger partial charge is 0.353 e. The highest BCUT2D eigenvalue weighted by Crippen LogP contribution is 2.30. The van der Waals surface area contributed by atoms with Crippen LogP contribution in [0.2, 0.25) is 0 Å². The van der Waals surface area contributed by atoms with Crippen LogP contribution < -0.4 is 5.32 Å². The number of aromatic nitrogens is 2. The lowest BCUT2D eigenvalue weighted by Crippen LogP contribution is -2.34. The zero-order valence-corrected chi connectivity index (χ0v) is 11.8. The maximum Gasteiger partial charge on any atom is 0.203 e. The molecule has 1 N–H and O–H groups in total. The van der Waals surface area contributed by atoms with E-state index in [9.17, 15) is 0 Å². The first-order valence-electron chi connectivity index (χ1n) is 7.01. The Kier molecular flexibility index (Phi) is 4.10. The van der Waals surface area contributed by atoms with Crippen molar-refractivity contribution in [1.82, 2.24) is 9.55 Å². The number of aryl methyl sites for hydroxylation is 1. The fourth-order valence-electron chi connectivity index (χ4n) is 2.99. The van der Waals surface area contributed by atoms with Crippen molar-refractivity contribution in [3.63, 3.8) is 0 Å². The van der Waals surface area contributed by atoms with Crippen LogP contribution in [0.5, 0.6) is 0 Å². The molecule has 3 atom stereocenters. The van der Waals surface area contributed by atoms with Gasteiger partial charge in [0.1, 0.15) is 0 Å². The summed E-state index contributed by atoms with van der Waals surface area (Å²) in [6.07, 6.45) is 7.89. The van der Waals surface area contributed by atoms with E-state index in [2.05, 4.69) is 41.5 Å². The average Bonchev–Trinajstić information content (AvgIpc) is 2.64. The molecule has 100 valence electrons. The third kappa shape index (κ3) is 2.95. The molecule has 1 heterocycles. The minimum atomic E-state index is 0.562. The van der Waals surface area contributed by atoms with E-state index < -0.39 is 0 Å². The third-order valence-corrected chi connectivity index (χ3v) is 3.97. The van der Waals surface area contributed by atoms with Crippen molar-refractivity contribution >= 4 is 5.95 Å². The Morgan fingerprint density at radius 2 is 2.28 bits per heavy atom. The second-order valence-corrected chi connectivity index (χ2v) is 5.79. The van der Waals surface area contributed by atoms with E-state index in [1.807, 2.05) is 13.0 Å². The van der Waals surface area contributed by atoms with E-state index in [0.29, 0.717) is 6.04 Å². The smallest absolute Gasteiger partial charge is 0.203 e. The summed E-state index contributed by atoms with van der Waals surface area (Å²) in [6.45, 7) is 11.4. The summed E-state index contributed by atoms with van der Waals surface area (Å²) >= 11 is 0. The molecule has 1 aromatic rings. The molecule has 3 unspecified atom stereocenters. The maximum absolute atomic E-state index is 4.58. The Morgan fingerprint density at radius 1 is 1.50 bits per heavy atom. The molecule has 0 radical (unpaired) electrons. The van der Waals surface area contributed by atoms with Gasteiger partial charge in [-0.1, -0.05) is 19.9 Å². The molecule has 1 aliphatic carbocycles. The minimum Gasteiger partial charge on any atom is -0.353 e. The van der Waals surface area contributed by atoms with Crippen LogP contribution in [0.15, 0.2) is 18.9 Å². The summed E-state index contributed by atoms with van der Waals surface area (Å²) in [5.41, 5.74) is 1.07. The predicted octanol–water partition coefficient (Wildman–Crippen LogP) is 3.61. The Morgan fingerprint density at radius 3 is 2.94 bits per heavy atom. The Labute approximate surface area is 110 Å². The quantitative estimate of drug-likeness (QED) is 0.824. The monoisotopic (exact) mass is 247 g/mol. The Balaban J connectivity index is 2.06. The molecule has 3 nitrogen and oxygen atoms in total. The normalized spacial score (nSPS) is 28.1. The van der Waals surface area contributed by atoms with Crippen LogP contribution in [0.3, 0.4) is 0 Å². The molecule has 1 saturated carbocycles. The fraction of sp³-hybridized carbons (Fsp3) is 0.667. The first kappa shape index (κ1) is 13.2. The highest BCUT2D eigenvalue weighted by atomic mass is 15.2. The molecule has 1 aliphatic rings. The zero-order chi connectivity index (χ0) is 13.1. The molecule has 1 fully saturated rings. The highest BCUT2D eigenvalue weighted by Gasteiger charge is 2.26. The van der Waals surface area contributed by atoms with Crippen LogP contribution in [-0.2, 0) is 6.54 Å². The molecule has 0 saturated heterocycles. The second kappa shape index (κ2) is 5.59. The van der Waals surface area contributed by atoms with E-state index in [4.69, 9.17) is 0 Å². The van der Waals surface area contributed by atoms with Crippen LogP contribution in [0.1, 0.15) is 38.8 Å². The Bertz CT molecular complexity index is 408. The number of anilines is 1. The number of hydrogen-bond donors (Lipinski definition) is 1. The summed E-state index contributed by atoms with van der Waals surface area (Å²) in [4.78, 5) is 4.58. The molecule has 2 rings (SSSR count). The van der Waals surface area contributed by atoms with Crippen molar-refractivity contribution in [2.75, 3.05) is 5.32 Å². The van der Waals surface area contributed by atoms with Crippen LogP contribution >= 0.6 is 0 Å². The maximum atomic E-state index is 4.58. The van der Waals surface area contributed by atoms with Gasteiger partial charge in [-0.25, -0.2) is 4.98 Å². The molecule has 0 spiro atoms. The summed E-state index contributed by atoms with van der Waals surface area (Å²) in [5.74, 6) is 2.59. The van der Waals surface area contributed by atoms with E-state index in [-0.39, 0.29) is 0 Å². The van der Waals surface area contributed by atoms with Gasteiger partial charge in [-0.2, -0.15) is 0 Å². The van der Waals surface area contributed by atoms with Gasteiger partial charge in [0.05, 0.1) is 5.69 Å². The lowest BCUT2D eigenvalue weighted by Gasteiger charge is -2.33. The fourth-order valence-corrected chi connectivity index (χ4v) is 2.99. The van der Waals surface area contributed by atoms with Crippen molar-refractivity contribution < 1.29 is 0 Å². The summed E-state index contributed by atoms with van der Waals surface area (Å²) < 4.78 is 2.15. The molecule has 18 heavy (non-hydrogen) atoms. The van der Waals surface area contributed by atoms with E-state index in [0.717, 1.165) is 30.0 Å². The topological polar surface area (TPSA) is 29.9 Å². The molecular formula is C15H25N3. The first-order chi connectivity index (χ1) is 8.60. The van der Waals surface area contributed by atoms with Crippen LogP contribution in [-0.4, -0.2) is 15.6 Å². The number of imidazole rings is 1. The second-order valence-electron chi connectivity index (χ2n) is 5.79. The minimum absolute atomic E-state index is 0.562. The van der Waals surface area contributed by atoms with E-state index in [1.54, 1.807) is 0 Å². The molecule has 0 bridgehead atoms. The molecule has 0 aromatic carbocycles. The first-order valence-corrected chi connectivity index (χ1v) is 7.01. The lowest BCUT2D eigenvalue weighted by atomic mass is 9.80. The van der Waals surface area contributed by atoms with Gasteiger partial charge in [0.15, 0.2) is 0 Å². The van der Waals surface area contributed by atoms with Gasteiger partial charge in [-0.15, -0.1) is 6.58 Å². The van der Waals surface area contributed by atoms with Crippen molar-refractivity contribution in [2.24, 2.45) is 11.8 Å². The van der Waals surface area contributed by atoms with Crippen LogP contribution in [0.4, 0.5) is 5.95 Å². The summed E-state index contributed by atoms with van der Waals surface area (Å²) in [7, 11) is 0. The predicted molar refractivity (Wildman–Crippen MR) is 76.8 cm³/mol. The van der Waals surface area contributed by atoms with Crippen molar-refractivity contribution in [3.8, 4) is 0 Å². The zero-order valence-electron chi connectivity index (χ0n) is 11.8. The van der Waals surface area contributed by atoms with Gasteiger partial charge in [-0.3, -0.25) is 0 Å². The molecule has 1 aromatic heterocycles. The number of hydrogen-bond acceptors (Lipinski definition) is 2. The van der Waals surface area contributed by atoms with Crippen molar-refractivity contribution in [1.29, 1.82) is 0 Å². The lowest BCUT2D eigenvalue weighted by molar-refractivity contribution is 0.275. The average molecular weight is 247 g/mol. The SMILES string of the molecule is C=CCn1cc(C)nc1NC1CCC(C)CC1C. The van der Waals surface area contributed by atoms with Crippen molar-refractivity contribution in [3.05, 3.63) is 24.5 Å². The molecular weight excluding hydrogens is 222 g/mol. The standard InChI is InChI=1S/C15H25N3/c1-5-8-18-10-13(4)16-15(18)17-14-7-6-11(2)9-12(14)3/h5,10-12,14H,1,6-9H2,2-4H3,(H,16,17). The molecule has 0 aliphatic heterocycles. The van der Waals surface area contributed by atoms with Crippen LogP contribution in [0.25, 0.3) is 0 Å². The van der Waals surface area contributed by atoms with Gasteiger partial charge < -0.3 is 9.88 Å².